The normalized spacial score (nSPS) is 15.3. The molecule has 6 heteroatoms. The number of hydrogen-bond donors (Lipinski definition) is 2. The topological polar surface area (TPSA) is 55.9 Å². The molecule has 1 saturated heterocycles. The van der Waals surface area contributed by atoms with Gasteiger partial charge in [-0.05, 0) is 19.4 Å². The molecule has 0 atom stereocenters. The summed E-state index contributed by atoms with van der Waals surface area (Å²) in [6.45, 7) is 10.3. The van der Waals surface area contributed by atoms with Crippen molar-refractivity contribution in [1.82, 2.24) is 14.6 Å². The van der Waals surface area contributed by atoms with Gasteiger partial charge in [0.25, 0.3) is 0 Å². The molecular formula is C21H28N5O+. The Morgan fingerprint density at radius 2 is 1.93 bits per heavy atom. The molecule has 1 aliphatic heterocycles. The fourth-order valence-corrected chi connectivity index (χ4v) is 3.61. The van der Waals surface area contributed by atoms with Gasteiger partial charge in [0.1, 0.15) is 18.9 Å². The van der Waals surface area contributed by atoms with Crippen molar-refractivity contribution in [2.45, 2.75) is 20.3 Å². The van der Waals surface area contributed by atoms with Crippen LogP contribution in [0.2, 0.25) is 0 Å². The lowest BCUT2D eigenvalue weighted by molar-refractivity contribution is -0.908. The number of nitrogens with one attached hydrogen (secondary N) is 2. The zero-order valence-electron chi connectivity index (χ0n) is 16.2. The molecule has 27 heavy (non-hydrogen) atoms. The highest BCUT2D eigenvalue weighted by atomic mass is 16.5. The summed E-state index contributed by atoms with van der Waals surface area (Å²) < 4.78 is 7.35. The van der Waals surface area contributed by atoms with Crippen molar-refractivity contribution >= 4 is 11.5 Å². The van der Waals surface area contributed by atoms with Crippen molar-refractivity contribution in [3.63, 3.8) is 0 Å². The van der Waals surface area contributed by atoms with Gasteiger partial charge in [-0.2, -0.15) is 9.61 Å². The van der Waals surface area contributed by atoms with Crippen LogP contribution >= 0.6 is 0 Å². The molecule has 0 bridgehead atoms. The number of ether oxygens (including phenoxy) is 1. The average Bonchev–Trinajstić information content (AvgIpc) is 3.10. The Kier molecular flexibility index (Phi) is 5.36. The number of aryl methyl sites for hydroxylation is 2. The van der Waals surface area contributed by atoms with E-state index >= 15 is 0 Å². The molecule has 3 aromatic rings. The van der Waals surface area contributed by atoms with Crippen LogP contribution in [-0.2, 0) is 4.74 Å². The maximum absolute atomic E-state index is 5.43. The molecule has 4 rings (SSSR count). The van der Waals surface area contributed by atoms with Crippen LogP contribution in [0.1, 0.15) is 17.7 Å². The van der Waals surface area contributed by atoms with Crippen molar-refractivity contribution in [3.8, 4) is 11.1 Å². The van der Waals surface area contributed by atoms with Gasteiger partial charge in [0.2, 0.25) is 0 Å². The molecule has 2 N–H and O–H groups in total. The molecule has 0 saturated carbocycles. The maximum Gasteiger partial charge on any atom is 0.165 e. The van der Waals surface area contributed by atoms with Gasteiger partial charge in [0.05, 0.1) is 26.0 Å². The summed E-state index contributed by atoms with van der Waals surface area (Å²) >= 11 is 0. The second-order valence-electron chi connectivity index (χ2n) is 7.34. The first-order chi connectivity index (χ1) is 13.2. The standard InChI is InChI=1S/C21H27N5O/c1-16-4-6-18(7-5-16)19-15-23-26-20(14-17(2)24-21(19)26)22-8-3-9-25-10-12-27-13-11-25/h4-7,14-15,22H,3,8-13H2,1-2H3/p+1. The van der Waals surface area contributed by atoms with Crippen molar-refractivity contribution in [2.75, 3.05) is 44.7 Å². The van der Waals surface area contributed by atoms with Crippen LogP contribution in [0.5, 0.6) is 0 Å². The van der Waals surface area contributed by atoms with E-state index in [-0.39, 0.29) is 0 Å². The molecule has 2 aromatic heterocycles. The lowest BCUT2D eigenvalue weighted by Crippen LogP contribution is -3.14. The monoisotopic (exact) mass is 366 g/mol. The number of fused-ring (bicyclic) bond motifs is 1. The van der Waals surface area contributed by atoms with Gasteiger partial charge in [-0.1, -0.05) is 29.8 Å². The van der Waals surface area contributed by atoms with E-state index in [1.807, 2.05) is 17.6 Å². The lowest BCUT2D eigenvalue weighted by atomic mass is 10.1. The quantitative estimate of drug-likeness (QED) is 0.653. The van der Waals surface area contributed by atoms with Crippen LogP contribution in [-0.4, -0.2) is 54.0 Å². The number of hydrogen-bond acceptors (Lipinski definition) is 4. The summed E-state index contributed by atoms with van der Waals surface area (Å²) in [5.41, 5.74) is 5.37. The van der Waals surface area contributed by atoms with E-state index in [1.165, 1.54) is 12.1 Å². The largest absolute Gasteiger partial charge is 0.370 e. The first kappa shape index (κ1) is 17.9. The van der Waals surface area contributed by atoms with Crippen molar-refractivity contribution < 1.29 is 9.64 Å². The number of aromatic nitrogens is 3. The van der Waals surface area contributed by atoms with Crippen LogP contribution in [0.15, 0.2) is 36.5 Å². The number of morpholine rings is 1. The number of anilines is 1. The van der Waals surface area contributed by atoms with Crippen LogP contribution in [0.4, 0.5) is 5.82 Å². The van der Waals surface area contributed by atoms with E-state index in [9.17, 15) is 0 Å². The molecule has 3 heterocycles. The summed E-state index contributed by atoms with van der Waals surface area (Å²) in [7, 11) is 0. The van der Waals surface area contributed by atoms with Crippen LogP contribution < -0.4 is 10.2 Å². The van der Waals surface area contributed by atoms with Gasteiger partial charge in [-0.25, -0.2) is 4.98 Å². The Morgan fingerprint density at radius 3 is 2.70 bits per heavy atom. The van der Waals surface area contributed by atoms with Gasteiger partial charge in [0.15, 0.2) is 5.65 Å². The Morgan fingerprint density at radius 1 is 1.15 bits per heavy atom. The second kappa shape index (κ2) is 8.06. The summed E-state index contributed by atoms with van der Waals surface area (Å²) in [5.74, 6) is 1.01. The average molecular weight is 366 g/mol. The number of rotatable bonds is 6. The Hall–Kier alpha value is -2.44. The smallest absolute Gasteiger partial charge is 0.165 e. The fourth-order valence-electron chi connectivity index (χ4n) is 3.61. The first-order valence-corrected chi connectivity index (χ1v) is 9.78. The van der Waals surface area contributed by atoms with E-state index in [4.69, 9.17) is 9.72 Å². The zero-order chi connectivity index (χ0) is 18.6. The summed E-state index contributed by atoms with van der Waals surface area (Å²) in [5, 5.41) is 8.15. The molecule has 1 aromatic carbocycles. The molecule has 1 aliphatic rings. The predicted octanol–water partition coefficient (Wildman–Crippen LogP) is 1.73. The molecule has 6 nitrogen and oxygen atoms in total. The van der Waals surface area contributed by atoms with Gasteiger partial charge in [-0.15, -0.1) is 0 Å². The minimum Gasteiger partial charge on any atom is -0.370 e. The third-order valence-corrected chi connectivity index (χ3v) is 5.18. The van der Waals surface area contributed by atoms with Crippen LogP contribution in [0.3, 0.4) is 0 Å². The van der Waals surface area contributed by atoms with Crippen LogP contribution in [0.25, 0.3) is 16.8 Å². The Labute approximate surface area is 160 Å². The Balaban J connectivity index is 1.48. The minimum absolute atomic E-state index is 0.891. The van der Waals surface area contributed by atoms with Gasteiger partial charge in [-0.3, -0.25) is 0 Å². The summed E-state index contributed by atoms with van der Waals surface area (Å²) in [6, 6.07) is 10.6. The van der Waals surface area contributed by atoms with Crippen molar-refractivity contribution in [3.05, 3.63) is 47.8 Å². The predicted molar refractivity (Wildman–Crippen MR) is 107 cm³/mol. The third kappa shape index (κ3) is 4.12. The maximum atomic E-state index is 5.43. The van der Waals surface area contributed by atoms with E-state index < -0.39 is 0 Å². The van der Waals surface area contributed by atoms with Gasteiger partial charge < -0.3 is 15.0 Å². The van der Waals surface area contributed by atoms with E-state index in [1.54, 1.807) is 4.90 Å². The SMILES string of the molecule is Cc1ccc(-c2cnn3c(NCCC[NH+]4CCOCC4)cc(C)nc23)cc1. The third-order valence-electron chi connectivity index (χ3n) is 5.18. The molecular weight excluding hydrogens is 338 g/mol. The molecule has 0 radical (unpaired) electrons. The zero-order valence-corrected chi connectivity index (χ0v) is 16.2. The number of quaternary nitrogens is 1. The summed E-state index contributed by atoms with van der Waals surface area (Å²) in [4.78, 5) is 6.38. The van der Waals surface area contributed by atoms with Gasteiger partial charge >= 0.3 is 0 Å². The molecule has 0 spiro atoms. The second-order valence-corrected chi connectivity index (χ2v) is 7.34. The fraction of sp³-hybridized carbons (Fsp3) is 0.429. The highest BCUT2D eigenvalue weighted by molar-refractivity contribution is 5.78. The lowest BCUT2D eigenvalue weighted by Gasteiger charge is -2.23. The number of benzene rings is 1. The highest BCUT2D eigenvalue weighted by Gasteiger charge is 2.14. The van der Waals surface area contributed by atoms with E-state index in [0.29, 0.717) is 0 Å². The van der Waals surface area contributed by atoms with Crippen LogP contribution in [0, 0.1) is 13.8 Å². The highest BCUT2D eigenvalue weighted by Crippen LogP contribution is 2.26. The molecule has 0 unspecified atom stereocenters. The van der Waals surface area contributed by atoms with Crippen molar-refractivity contribution in [1.29, 1.82) is 0 Å². The first-order valence-electron chi connectivity index (χ1n) is 9.78. The summed E-state index contributed by atoms with van der Waals surface area (Å²) in [6.07, 6.45) is 3.04. The molecule has 142 valence electrons. The minimum atomic E-state index is 0.891. The molecule has 1 fully saturated rings. The van der Waals surface area contributed by atoms with Gasteiger partial charge in [0, 0.05) is 30.3 Å². The van der Waals surface area contributed by atoms with E-state index in [0.717, 1.165) is 67.6 Å². The van der Waals surface area contributed by atoms with E-state index in [2.05, 4.69) is 47.7 Å². The molecule has 0 aliphatic carbocycles. The van der Waals surface area contributed by atoms with Crippen molar-refractivity contribution in [2.24, 2.45) is 0 Å². The number of nitrogens with zero attached hydrogens (tertiary/aromatic N) is 3. The Bertz CT molecular complexity index is 897. The molecule has 0 amide bonds.